The van der Waals surface area contributed by atoms with Crippen molar-refractivity contribution in [3.8, 4) is 11.1 Å². The lowest BCUT2D eigenvalue weighted by molar-refractivity contribution is 0.447. The van der Waals surface area contributed by atoms with Gasteiger partial charge in [-0.25, -0.2) is 0 Å². The van der Waals surface area contributed by atoms with E-state index >= 15 is 0 Å². The van der Waals surface area contributed by atoms with Crippen molar-refractivity contribution in [3.05, 3.63) is 84.4 Å². The second kappa shape index (κ2) is 6.59. The number of nitrogens with two attached hydrogens (primary N) is 1. The van der Waals surface area contributed by atoms with Crippen LogP contribution < -0.4 is 5.73 Å². The Morgan fingerprint density at radius 2 is 1.38 bits per heavy atom. The summed E-state index contributed by atoms with van der Waals surface area (Å²) in [6.07, 6.45) is 2.08. The molecule has 0 fully saturated rings. The summed E-state index contributed by atoms with van der Waals surface area (Å²) in [5.41, 5.74) is 9.96. The number of hydrogen-bond acceptors (Lipinski definition) is 1. The summed E-state index contributed by atoms with van der Waals surface area (Å²) in [6.45, 7) is 4.30. The molecule has 0 aliphatic heterocycles. The van der Waals surface area contributed by atoms with E-state index in [0.717, 1.165) is 12.8 Å². The van der Waals surface area contributed by atoms with E-state index < -0.39 is 0 Å². The van der Waals surface area contributed by atoms with Crippen LogP contribution in [0.15, 0.2) is 78.9 Å². The molecule has 1 heteroatoms. The second-order valence-corrected chi connectivity index (χ2v) is 7.44. The maximum absolute atomic E-state index is 6.50. The van der Waals surface area contributed by atoms with Crippen molar-refractivity contribution in [1.82, 2.24) is 0 Å². The Kier molecular flexibility index (Phi) is 4.26. The second-order valence-electron chi connectivity index (χ2n) is 7.44. The van der Waals surface area contributed by atoms with Crippen molar-refractivity contribution in [2.45, 2.75) is 32.2 Å². The Bertz CT molecular complexity index is 1060. The van der Waals surface area contributed by atoms with Gasteiger partial charge in [-0.2, -0.15) is 0 Å². The van der Waals surface area contributed by atoms with Gasteiger partial charge in [0.05, 0.1) is 0 Å². The first-order chi connectivity index (χ1) is 12.6. The molecule has 0 aliphatic carbocycles. The zero-order chi connectivity index (χ0) is 18.1. The summed E-state index contributed by atoms with van der Waals surface area (Å²) in [6, 6.07) is 28.4. The fraction of sp³-hybridized carbons (Fsp3) is 0.200. The Hall–Kier alpha value is -2.64. The monoisotopic (exact) mass is 339 g/mol. The topological polar surface area (TPSA) is 26.0 Å². The Morgan fingerprint density at radius 3 is 2.08 bits per heavy atom. The first-order valence-corrected chi connectivity index (χ1v) is 9.40. The quantitative estimate of drug-likeness (QED) is 0.415. The van der Waals surface area contributed by atoms with E-state index in [9.17, 15) is 0 Å². The summed E-state index contributed by atoms with van der Waals surface area (Å²) in [5.74, 6) is 0. The number of fused-ring (bicyclic) bond motifs is 3. The summed E-state index contributed by atoms with van der Waals surface area (Å²) in [4.78, 5) is 0. The molecule has 0 saturated heterocycles. The Labute approximate surface area is 155 Å². The lowest BCUT2D eigenvalue weighted by Gasteiger charge is -2.25. The summed E-state index contributed by atoms with van der Waals surface area (Å²) >= 11 is 0. The number of rotatable bonds is 4. The van der Waals surface area contributed by atoms with Crippen molar-refractivity contribution in [1.29, 1.82) is 0 Å². The smallest absolute Gasteiger partial charge is 0.0380 e. The molecule has 26 heavy (non-hydrogen) atoms. The molecule has 1 unspecified atom stereocenters. The molecule has 4 aromatic carbocycles. The molecule has 0 aliphatic rings. The molecular formula is C25H25N. The summed E-state index contributed by atoms with van der Waals surface area (Å²) < 4.78 is 0. The third-order valence-corrected chi connectivity index (χ3v) is 5.39. The molecule has 0 spiro atoms. The first kappa shape index (κ1) is 16.8. The van der Waals surface area contributed by atoms with Crippen molar-refractivity contribution >= 4 is 21.5 Å². The van der Waals surface area contributed by atoms with E-state index in [1.165, 1.54) is 38.2 Å². The number of benzene rings is 4. The molecule has 2 N–H and O–H groups in total. The number of hydrogen-bond donors (Lipinski definition) is 1. The van der Waals surface area contributed by atoms with E-state index in [0.29, 0.717) is 0 Å². The molecule has 1 atom stereocenters. The van der Waals surface area contributed by atoms with E-state index in [-0.39, 0.29) is 5.54 Å². The molecule has 1 nitrogen and oxygen atoms in total. The highest BCUT2D eigenvalue weighted by molar-refractivity contribution is 6.13. The van der Waals surface area contributed by atoms with Crippen LogP contribution in [0, 0.1) is 0 Å². The van der Waals surface area contributed by atoms with Crippen LogP contribution in [0.2, 0.25) is 0 Å². The van der Waals surface area contributed by atoms with Crippen LogP contribution in [-0.2, 0) is 5.54 Å². The van der Waals surface area contributed by atoms with E-state index in [1.54, 1.807) is 0 Å². The summed E-state index contributed by atoms with van der Waals surface area (Å²) in [5, 5.41) is 5.18. The van der Waals surface area contributed by atoms with E-state index in [2.05, 4.69) is 92.7 Å². The SMILES string of the molecule is CCCC(C)(N)c1ccc(-c2cc3ccccc3c3ccccc23)cc1. The highest BCUT2D eigenvalue weighted by atomic mass is 14.7. The van der Waals surface area contributed by atoms with Gasteiger partial charge in [0.1, 0.15) is 0 Å². The zero-order valence-electron chi connectivity index (χ0n) is 15.5. The van der Waals surface area contributed by atoms with Gasteiger partial charge in [-0.3, -0.25) is 0 Å². The molecule has 130 valence electrons. The van der Waals surface area contributed by atoms with Crippen LogP contribution in [0.3, 0.4) is 0 Å². The highest BCUT2D eigenvalue weighted by Gasteiger charge is 2.19. The molecule has 0 heterocycles. The van der Waals surface area contributed by atoms with Gasteiger partial charge in [0.2, 0.25) is 0 Å². The Morgan fingerprint density at radius 1 is 0.769 bits per heavy atom. The van der Waals surface area contributed by atoms with Crippen LogP contribution in [0.25, 0.3) is 32.7 Å². The van der Waals surface area contributed by atoms with Gasteiger partial charge >= 0.3 is 0 Å². The van der Waals surface area contributed by atoms with Gasteiger partial charge < -0.3 is 5.73 Å². The largest absolute Gasteiger partial charge is 0.322 e. The maximum atomic E-state index is 6.50. The molecule has 0 amide bonds. The molecule has 0 saturated carbocycles. The summed E-state index contributed by atoms with van der Waals surface area (Å²) in [7, 11) is 0. The van der Waals surface area contributed by atoms with Gasteiger partial charge in [-0.05, 0) is 57.6 Å². The van der Waals surface area contributed by atoms with Gasteiger partial charge in [0.25, 0.3) is 0 Å². The van der Waals surface area contributed by atoms with Crippen molar-refractivity contribution in [2.24, 2.45) is 5.73 Å². The van der Waals surface area contributed by atoms with Crippen LogP contribution in [0.4, 0.5) is 0 Å². The van der Waals surface area contributed by atoms with Gasteiger partial charge in [0.15, 0.2) is 0 Å². The minimum atomic E-state index is -0.265. The van der Waals surface area contributed by atoms with Gasteiger partial charge in [-0.15, -0.1) is 0 Å². The molecule has 4 rings (SSSR count). The fourth-order valence-corrected chi connectivity index (χ4v) is 3.99. The predicted octanol–water partition coefficient (Wildman–Crippen LogP) is 6.63. The molecule has 0 bridgehead atoms. The van der Waals surface area contributed by atoms with Crippen LogP contribution in [0.5, 0.6) is 0 Å². The molecule has 0 aromatic heterocycles. The third kappa shape index (κ3) is 2.89. The zero-order valence-corrected chi connectivity index (χ0v) is 15.5. The van der Waals surface area contributed by atoms with Crippen molar-refractivity contribution < 1.29 is 0 Å². The van der Waals surface area contributed by atoms with E-state index in [4.69, 9.17) is 5.73 Å². The minimum absolute atomic E-state index is 0.265. The molecular weight excluding hydrogens is 314 g/mol. The lowest BCUT2D eigenvalue weighted by Crippen LogP contribution is -2.32. The maximum Gasteiger partial charge on any atom is 0.0380 e. The normalized spacial score (nSPS) is 13.8. The average Bonchev–Trinajstić information content (AvgIpc) is 2.67. The Balaban J connectivity index is 1.88. The van der Waals surface area contributed by atoms with Crippen LogP contribution >= 0.6 is 0 Å². The fourth-order valence-electron chi connectivity index (χ4n) is 3.99. The minimum Gasteiger partial charge on any atom is -0.322 e. The molecule has 4 aromatic rings. The van der Waals surface area contributed by atoms with Crippen LogP contribution in [-0.4, -0.2) is 0 Å². The highest BCUT2D eigenvalue weighted by Crippen LogP contribution is 2.35. The third-order valence-electron chi connectivity index (χ3n) is 5.39. The standard InChI is InChI=1S/C25H25N/c1-3-16-25(2,26)20-14-12-18(13-15-20)24-17-19-8-4-5-9-21(19)22-10-6-7-11-23(22)24/h4-15,17H,3,16,26H2,1-2H3. The van der Waals surface area contributed by atoms with Gasteiger partial charge in [-0.1, -0.05) is 86.1 Å². The van der Waals surface area contributed by atoms with E-state index in [1.807, 2.05) is 0 Å². The first-order valence-electron chi connectivity index (χ1n) is 9.40. The van der Waals surface area contributed by atoms with Gasteiger partial charge in [0, 0.05) is 5.54 Å². The lowest BCUT2D eigenvalue weighted by atomic mass is 9.87. The van der Waals surface area contributed by atoms with Crippen molar-refractivity contribution in [3.63, 3.8) is 0 Å². The van der Waals surface area contributed by atoms with Crippen LogP contribution in [0.1, 0.15) is 32.3 Å². The van der Waals surface area contributed by atoms with Crippen molar-refractivity contribution in [2.75, 3.05) is 0 Å². The predicted molar refractivity (Wildman–Crippen MR) is 113 cm³/mol. The molecule has 0 radical (unpaired) electrons. The average molecular weight is 339 g/mol.